The fourth-order valence-electron chi connectivity index (χ4n) is 2.21. The Labute approximate surface area is 79.4 Å². The van der Waals surface area contributed by atoms with Gasteiger partial charge in [-0.05, 0) is 29.4 Å². The summed E-state index contributed by atoms with van der Waals surface area (Å²) in [7, 11) is 0. The summed E-state index contributed by atoms with van der Waals surface area (Å²) in [5, 5.41) is 10.0. The molecule has 1 aromatic carbocycles. The zero-order chi connectivity index (χ0) is 9.42. The Morgan fingerprint density at radius 1 is 1.31 bits per heavy atom. The smallest absolute Gasteiger partial charge is 0.0826 e. The van der Waals surface area contributed by atoms with Crippen molar-refractivity contribution in [2.45, 2.75) is 26.4 Å². The maximum atomic E-state index is 10.0. The molecule has 0 amide bonds. The van der Waals surface area contributed by atoms with Gasteiger partial charge < -0.3 is 5.11 Å². The van der Waals surface area contributed by atoms with Crippen LogP contribution >= 0.6 is 0 Å². The first-order chi connectivity index (χ1) is 6.20. The lowest BCUT2D eigenvalue weighted by Gasteiger charge is -2.18. The molecule has 1 N–H and O–H groups in total. The van der Waals surface area contributed by atoms with E-state index in [4.69, 9.17) is 0 Å². The standard InChI is InChI=1S/C12H16O/c1-8(2)11-7-9-5-3-4-6-10(9)12(11)13/h3-6,8,11-13H,7H2,1-2H3. The second kappa shape index (κ2) is 3.15. The summed E-state index contributed by atoms with van der Waals surface area (Å²) in [6.07, 6.45) is 0.797. The highest BCUT2D eigenvalue weighted by Gasteiger charge is 2.32. The van der Waals surface area contributed by atoms with Crippen molar-refractivity contribution in [3.63, 3.8) is 0 Å². The van der Waals surface area contributed by atoms with Crippen molar-refractivity contribution in [1.29, 1.82) is 0 Å². The van der Waals surface area contributed by atoms with E-state index >= 15 is 0 Å². The molecule has 13 heavy (non-hydrogen) atoms. The van der Waals surface area contributed by atoms with E-state index in [1.165, 1.54) is 5.56 Å². The fourth-order valence-corrected chi connectivity index (χ4v) is 2.21. The minimum atomic E-state index is -0.240. The first kappa shape index (κ1) is 8.76. The molecule has 1 nitrogen and oxygen atoms in total. The number of benzene rings is 1. The summed E-state index contributed by atoms with van der Waals surface area (Å²) < 4.78 is 0. The van der Waals surface area contributed by atoms with Crippen LogP contribution in [0.2, 0.25) is 0 Å². The van der Waals surface area contributed by atoms with E-state index in [1.807, 2.05) is 18.2 Å². The van der Waals surface area contributed by atoms with Crippen molar-refractivity contribution in [3.05, 3.63) is 35.4 Å². The molecule has 0 saturated heterocycles. The minimum absolute atomic E-state index is 0.240. The van der Waals surface area contributed by atoms with Crippen molar-refractivity contribution >= 4 is 0 Å². The monoisotopic (exact) mass is 176 g/mol. The van der Waals surface area contributed by atoms with Crippen LogP contribution in [0, 0.1) is 11.8 Å². The van der Waals surface area contributed by atoms with Crippen molar-refractivity contribution in [3.8, 4) is 0 Å². The van der Waals surface area contributed by atoms with Gasteiger partial charge in [0, 0.05) is 0 Å². The lowest BCUT2D eigenvalue weighted by Crippen LogP contribution is -2.13. The van der Waals surface area contributed by atoms with Gasteiger partial charge in [-0.3, -0.25) is 0 Å². The molecule has 1 aromatic rings. The van der Waals surface area contributed by atoms with Crippen molar-refractivity contribution in [2.24, 2.45) is 11.8 Å². The average molecular weight is 176 g/mol. The third-order valence-electron chi connectivity index (χ3n) is 3.09. The lowest BCUT2D eigenvalue weighted by atomic mass is 9.91. The van der Waals surface area contributed by atoms with Crippen LogP contribution in [0.4, 0.5) is 0 Å². The molecule has 0 heterocycles. The Hall–Kier alpha value is -0.820. The largest absolute Gasteiger partial charge is 0.388 e. The van der Waals surface area contributed by atoms with Crippen LogP contribution < -0.4 is 0 Å². The van der Waals surface area contributed by atoms with Gasteiger partial charge in [0.05, 0.1) is 6.10 Å². The third-order valence-corrected chi connectivity index (χ3v) is 3.09. The second-order valence-corrected chi connectivity index (χ2v) is 4.26. The average Bonchev–Trinajstić information content (AvgIpc) is 2.45. The normalized spacial score (nSPS) is 26.5. The first-order valence-electron chi connectivity index (χ1n) is 4.96. The number of hydrogen-bond acceptors (Lipinski definition) is 1. The number of aliphatic hydroxyl groups excluding tert-OH is 1. The molecule has 0 saturated carbocycles. The molecule has 1 heteroatoms. The molecule has 0 bridgehead atoms. The molecule has 70 valence electrons. The zero-order valence-electron chi connectivity index (χ0n) is 8.20. The number of rotatable bonds is 1. The van der Waals surface area contributed by atoms with Crippen LogP contribution in [0.25, 0.3) is 0 Å². The number of aliphatic hydroxyl groups is 1. The van der Waals surface area contributed by atoms with Gasteiger partial charge in [-0.2, -0.15) is 0 Å². The van der Waals surface area contributed by atoms with E-state index in [-0.39, 0.29) is 6.10 Å². The van der Waals surface area contributed by atoms with E-state index in [2.05, 4.69) is 19.9 Å². The molecule has 0 aromatic heterocycles. The molecule has 0 fully saturated rings. The molecule has 2 unspecified atom stereocenters. The van der Waals surface area contributed by atoms with E-state index in [0.29, 0.717) is 11.8 Å². The van der Waals surface area contributed by atoms with Gasteiger partial charge in [-0.15, -0.1) is 0 Å². The Kier molecular flexibility index (Phi) is 2.12. The van der Waals surface area contributed by atoms with Crippen LogP contribution in [0.15, 0.2) is 24.3 Å². The molecule has 0 aliphatic heterocycles. The molecular formula is C12H16O. The van der Waals surface area contributed by atoms with E-state index in [0.717, 1.165) is 12.0 Å². The summed E-state index contributed by atoms with van der Waals surface area (Å²) in [5.74, 6) is 0.972. The molecule has 2 atom stereocenters. The van der Waals surface area contributed by atoms with Crippen LogP contribution in [0.1, 0.15) is 31.1 Å². The van der Waals surface area contributed by atoms with E-state index in [9.17, 15) is 5.11 Å². The lowest BCUT2D eigenvalue weighted by molar-refractivity contribution is 0.0968. The van der Waals surface area contributed by atoms with Crippen LogP contribution in [-0.2, 0) is 6.42 Å². The number of fused-ring (bicyclic) bond motifs is 1. The highest BCUT2D eigenvalue weighted by Crippen LogP contribution is 2.39. The third kappa shape index (κ3) is 1.37. The SMILES string of the molecule is CC(C)C1Cc2ccccc2C1O. The van der Waals surface area contributed by atoms with Crippen molar-refractivity contribution in [2.75, 3.05) is 0 Å². The Morgan fingerprint density at radius 2 is 2.00 bits per heavy atom. The second-order valence-electron chi connectivity index (χ2n) is 4.26. The minimum Gasteiger partial charge on any atom is -0.388 e. The predicted octanol–water partition coefficient (Wildman–Crippen LogP) is 2.55. The van der Waals surface area contributed by atoms with Gasteiger partial charge in [0.2, 0.25) is 0 Å². The van der Waals surface area contributed by atoms with Crippen molar-refractivity contribution in [1.82, 2.24) is 0 Å². The number of hydrogen-bond donors (Lipinski definition) is 1. The molecule has 0 radical (unpaired) electrons. The molecule has 0 spiro atoms. The van der Waals surface area contributed by atoms with E-state index < -0.39 is 0 Å². The highest BCUT2D eigenvalue weighted by molar-refractivity contribution is 5.34. The Balaban J connectivity index is 2.32. The van der Waals surface area contributed by atoms with Crippen LogP contribution in [-0.4, -0.2) is 5.11 Å². The van der Waals surface area contributed by atoms with Crippen LogP contribution in [0.5, 0.6) is 0 Å². The maximum Gasteiger partial charge on any atom is 0.0826 e. The summed E-state index contributed by atoms with van der Waals surface area (Å²) in [4.78, 5) is 0. The van der Waals surface area contributed by atoms with Gasteiger partial charge in [0.15, 0.2) is 0 Å². The summed E-state index contributed by atoms with van der Waals surface area (Å²) in [6, 6.07) is 8.22. The first-order valence-corrected chi connectivity index (χ1v) is 4.96. The molecule has 1 aliphatic rings. The van der Waals surface area contributed by atoms with Crippen LogP contribution in [0.3, 0.4) is 0 Å². The molecule has 2 rings (SSSR count). The summed E-state index contributed by atoms with van der Waals surface area (Å²) >= 11 is 0. The van der Waals surface area contributed by atoms with Gasteiger partial charge in [0.1, 0.15) is 0 Å². The van der Waals surface area contributed by atoms with Gasteiger partial charge in [-0.25, -0.2) is 0 Å². The summed E-state index contributed by atoms with van der Waals surface area (Å²) in [6.45, 7) is 4.36. The summed E-state index contributed by atoms with van der Waals surface area (Å²) in [5.41, 5.74) is 2.47. The van der Waals surface area contributed by atoms with Gasteiger partial charge in [0.25, 0.3) is 0 Å². The van der Waals surface area contributed by atoms with Crippen molar-refractivity contribution < 1.29 is 5.11 Å². The Morgan fingerprint density at radius 3 is 2.62 bits per heavy atom. The Bertz CT molecular complexity index is 304. The van der Waals surface area contributed by atoms with Gasteiger partial charge >= 0.3 is 0 Å². The quantitative estimate of drug-likeness (QED) is 0.697. The van der Waals surface area contributed by atoms with Gasteiger partial charge in [-0.1, -0.05) is 38.1 Å². The topological polar surface area (TPSA) is 20.2 Å². The highest BCUT2D eigenvalue weighted by atomic mass is 16.3. The molecular weight excluding hydrogens is 160 g/mol. The maximum absolute atomic E-state index is 10.0. The van der Waals surface area contributed by atoms with E-state index in [1.54, 1.807) is 0 Å². The fraction of sp³-hybridized carbons (Fsp3) is 0.500. The predicted molar refractivity (Wildman–Crippen MR) is 53.4 cm³/mol. The zero-order valence-corrected chi connectivity index (χ0v) is 8.20. The molecule has 1 aliphatic carbocycles.